The second-order valence-corrected chi connectivity index (χ2v) is 7.47. The van der Waals surface area contributed by atoms with Gasteiger partial charge >= 0.3 is 5.97 Å². The molecule has 142 valence electrons. The van der Waals surface area contributed by atoms with Crippen molar-refractivity contribution >= 4 is 5.97 Å². The summed E-state index contributed by atoms with van der Waals surface area (Å²) in [6, 6.07) is 0. The Morgan fingerprint density at radius 1 is 0.750 bits per heavy atom. The quantitative estimate of drug-likeness (QED) is 0.259. The third-order valence-electron chi connectivity index (χ3n) is 5.56. The standard InChI is InChI=1S/C21H40O3/c1-4-5-6-7-9-12-15-18-19(21(18)24-3)16-13-10-8-11-14-17-20(22)23-2/h18-19,21H,4-17H2,1-3H3. The van der Waals surface area contributed by atoms with Gasteiger partial charge in [-0.1, -0.05) is 71.1 Å². The highest BCUT2D eigenvalue weighted by molar-refractivity contribution is 5.68. The zero-order chi connectivity index (χ0) is 17.6. The van der Waals surface area contributed by atoms with Gasteiger partial charge in [0.15, 0.2) is 0 Å². The molecule has 0 aliphatic heterocycles. The molecule has 3 nitrogen and oxygen atoms in total. The predicted molar refractivity (Wildman–Crippen MR) is 100 cm³/mol. The number of methoxy groups -OCH3 is 2. The second kappa shape index (κ2) is 13.7. The Labute approximate surface area is 149 Å². The van der Waals surface area contributed by atoms with Gasteiger partial charge in [-0.05, 0) is 31.1 Å². The van der Waals surface area contributed by atoms with E-state index in [-0.39, 0.29) is 5.97 Å². The molecule has 3 heteroatoms. The Morgan fingerprint density at radius 2 is 1.25 bits per heavy atom. The zero-order valence-corrected chi connectivity index (χ0v) is 16.4. The molecule has 0 saturated heterocycles. The van der Waals surface area contributed by atoms with Crippen LogP contribution in [0.15, 0.2) is 0 Å². The van der Waals surface area contributed by atoms with E-state index in [2.05, 4.69) is 11.7 Å². The van der Waals surface area contributed by atoms with Crippen molar-refractivity contribution in [1.29, 1.82) is 0 Å². The fourth-order valence-corrected chi connectivity index (χ4v) is 3.96. The topological polar surface area (TPSA) is 35.5 Å². The lowest BCUT2D eigenvalue weighted by Crippen LogP contribution is -1.99. The molecule has 1 aliphatic rings. The Balaban J connectivity index is 1.95. The maximum absolute atomic E-state index is 11.0. The normalized spacial score (nSPS) is 22.5. The molecule has 0 N–H and O–H groups in total. The number of esters is 1. The predicted octanol–water partition coefficient (Wildman–Crippen LogP) is 5.90. The van der Waals surface area contributed by atoms with Crippen LogP contribution < -0.4 is 0 Å². The van der Waals surface area contributed by atoms with Crippen LogP contribution in [0, 0.1) is 11.8 Å². The van der Waals surface area contributed by atoms with Crippen LogP contribution >= 0.6 is 0 Å². The Bertz CT molecular complexity index is 316. The summed E-state index contributed by atoms with van der Waals surface area (Å²) >= 11 is 0. The molecule has 3 unspecified atom stereocenters. The monoisotopic (exact) mass is 340 g/mol. The third kappa shape index (κ3) is 9.05. The summed E-state index contributed by atoms with van der Waals surface area (Å²) in [5, 5.41) is 0. The van der Waals surface area contributed by atoms with Crippen molar-refractivity contribution in [3.8, 4) is 0 Å². The molecule has 0 amide bonds. The van der Waals surface area contributed by atoms with Crippen LogP contribution in [0.1, 0.15) is 96.8 Å². The molecule has 0 spiro atoms. The minimum Gasteiger partial charge on any atom is -0.469 e. The van der Waals surface area contributed by atoms with Gasteiger partial charge in [0.05, 0.1) is 13.2 Å². The molecular formula is C21H40O3. The van der Waals surface area contributed by atoms with Gasteiger partial charge < -0.3 is 9.47 Å². The Morgan fingerprint density at radius 3 is 1.75 bits per heavy atom. The van der Waals surface area contributed by atoms with E-state index in [4.69, 9.17) is 4.74 Å². The summed E-state index contributed by atoms with van der Waals surface area (Å²) in [7, 11) is 3.34. The number of carbonyl (C=O) groups excluding carboxylic acids is 1. The maximum Gasteiger partial charge on any atom is 0.305 e. The average Bonchev–Trinajstić information content (AvgIpc) is 3.28. The fraction of sp³-hybridized carbons (Fsp3) is 0.952. The summed E-state index contributed by atoms with van der Waals surface area (Å²) < 4.78 is 10.3. The SMILES string of the molecule is CCCCCCCCC1C(CCCCCCCC(=O)OC)C1OC. The first-order valence-electron chi connectivity index (χ1n) is 10.3. The molecule has 1 rings (SSSR count). The smallest absolute Gasteiger partial charge is 0.305 e. The zero-order valence-electron chi connectivity index (χ0n) is 16.4. The van der Waals surface area contributed by atoms with Gasteiger partial charge in [-0.2, -0.15) is 0 Å². The Hall–Kier alpha value is -0.570. The average molecular weight is 341 g/mol. The first-order chi connectivity index (χ1) is 11.7. The van der Waals surface area contributed by atoms with Crippen molar-refractivity contribution in [2.75, 3.05) is 14.2 Å². The maximum atomic E-state index is 11.0. The molecule has 0 aromatic rings. The summed E-state index contributed by atoms with van der Waals surface area (Å²) in [6.45, 7) is 2.27. The van der Waals surface area contributed by atoms with Crippen LogP contribution in [0.25, 0.3) is 0 Å². The first-order valence-corrected chi connectivity index (χ1v) is 10.3. The Kier molecular flexibility index (Phi) is 12.2. The summed E-state index contributed by atoms with van der Waals surface area (Å²) in [4.78, 5) is 11.0. The first kappa shape index (κ1) is 21.5. The second-order valence-electron chi connectivity index (χ2n) is 7.47. The molecule has 0 aromatic carbocycles. The molecule has 3 atom stereocenters. The molecule has 1 saturated carbocycles. The lowest BCUT2D eigenvalue weighted by atomic mass is 10.0. The third-order valence-corrected chi connectivity index (χ3v) is 5.56. The van der Waals surface area contributed by atoms with Crippen LogP contribution in [0.3, 0.4) is 0 Å². The highest BCUT2D eigenvalue weighted by Crippen LogP contribution is 2.48. The van der Waals surface area contributed by atoms with E-state index < -0.39 is 0 Å². The summed E-state index contributed by atoms with van der Waals surface area (Å²) in [5.41, 5.74) is 0. The fourth-order valence-electron chi connectivity index (χ4n) is 3.96. The van der Waals surface area contributed by atoms with E-state index in [1.807, 2.05) is 7.11 Å². The molecule has 1 aliphatic carbocycles. The number of ether oxygens (including phenoxy) is 2. The molecule has 0 aromatic heterocycles. The van der Waals surface area contributed by atoms with E-state index in [9.17, 15) is 4.79 Å². The van der Waals surface area contributed by atoms with Crippen LogP contribution in [-0.2, 0) is 14.3 Å². The van der Waals surface area contributed by atoms with Gasteiger partial charge in [0, 0.05) is 13.5 Å². The van der Waals surface area contributed by atoms with E-state index in [0.29, 0.717) is 12.5 Å². The van der Waals surface area contributed by atoms with Crippen molar-refractivity contribution in [2.24, 2.45) is 11.8 Å². The van der Waals surface area contributed by atoms with Crippen molar-refractivity contribution in [1.82, 2.24) is 0 Å². The van der Waals surface area contributed by atoms with Gasteiger partial charge in [0.1, 0.15) is 0 Å². The van der Waals surface area contributed by atoms with Crippen molar-refractivity contribution in [3.05, 3.63) is 0 Å². The van der Waals surface area contributed by atoms with Crippen LogP contribution in [-0.4, -0.2) is 26.3 Å². The van der Waals surface area contributed by atoms with Gasteiger partial charge in [0.25, 0.3) is 0 Å². The molecule has 0 radical (unpaired) electrons. The summed E-state index contributed by atoms with van der Waals surface area (Å²) in [6.07, 6.45) is 18.1. The molecule has 1 fully saturated rings. The lowest BCUT2D eigenvalue weighted by Gasteiger charge is -2.02. The van der Waals surface area contributed by atoms with Crippen LogP contribution in [0.4, 0.5) is 0 Å². The minimum atomic E-state index is -0.0755. The minimum absolute atomic E-state index is 0.0755. The van der Waals surface area contributed by atoms with Gasteiger partial charge in [-0.3, -0.25) is 4.79 Å². The van der Waals surface area contributed by atoms with Crippen LogP contribution in [0.2, 0.25) is 0 Å². The van der Waals surface area contributed by atoms with E-state index in [1.54, 1.807) is 0 Å². The molecule has 0 heterocycles. The number of hydrogen-bond acceptors (Lipinski definition) is 3. The highest BCUT2D eigenvalue weighted by Gasteiger charge is 2.48. The summed E-state index contributed by atoms with van der Waals surface area (Å²) in [5.74, 6) is 1.58. The van der Waals surface area contributed by atoms with Gasteiger partial charge in [-0.25, -0.2) is 0 Å². The number of rotatable bonds is 16. The van der Waals surface area contributed by atoms with Crippen LogP contribution in [0.5, 0.6) is 0 Å². The molecular weight excluding hydrogens is 300 g/mol. The van der Waals surface area contributed by atoms with Crippen molar-refractivity contribution in [2.45, 2.75) is 103 Å². The van der Waals surface area contributed by atoms with E-state index in [0.717, 1.165) is 24.7 Å². The number of hydrogen-bond donors (Lipinski definition) is 0. The van der Waals surface area contributed by atoms with Crippen molar-refractivity contribution < 1.29 is 14.3 Å². The van der Waals surface area contributed by atoms with Crippen molar-refractivity contribution in [3.63, 3.8) is 0 Å². The highest BCUT2D eigenvalue weighted by atomic mass is 16.5. The van der Waals surface area contributed by atoms with E-state index in [1.165, 1.54) is 77.7 Å². The van der Waals surface area contributed by atoms with Gasteiger partial charge in [0.2, 0.25) is 0 Å². The number of unbranched alkanes of at least 4 members (excludes halogenated alkanes) is 9. The largest absolute Gasteiger partial charge is 0.469 e. The number of carbonyl (C=O) groups is 1. The molecule has 24 heavy (non-hydrogen) atoms. The van der Waals surface area contributed by atoms with E-state index >= 15 is 0 Å². The lowest BCUT2D eigenvalue weighted by molar-refractivity contribution is -0.140. The van der Waals surface area contributed by atoms with Gasteiger partial charge in [-0.15, -0.1) is 0 Å². The molecule has 0 bridgehead atoms.